The topological polar surface area (TPSA) is 121 Å². The zero-order chi connectivity index (χ0) is 32.6. The maximum absolute atomic E-state index is 16.9. The van der Waals surface area contributed by atoms with E-state index in [0.29, 0.717) is 66.2 Å². The zero-order valence-electron chi connectivity index (χ0n) is 26.0. The van der Waals surface area contributed by atoms with Crippen LogP contribution in [0.3, 0.4) is 0 Å². The number of alkyl halides is 1. The molecule has 0 spiro atoms. The van der Waals surface area contributed by atoms with Crippen LogP contribution in [0.15, 0.2) is 30.5 Å². The van der Waals surface area contributed by atoms with Gasteiger partial charge in [-0.3, -0.25) is 14.7 Å². The van der Waals surface area contributed by atoms with Gasteiger partial charge in [-0.2, -0.15) is 9.97 Å². The Morgan fingerprint density at radius 3 is 2.85 bits per heavy atom. The molecule has 5 heterocycles. The number of hydrogen-bond acceptors (Lipinski definition) is 8. The molecule has 0 radical (unpaired) electrons. The molecule has 2 aromatic heterocycles. The standard InChI is InChI=1S/C35H36F3N5O4/c1-2-20-26(37)7-4-17-10-19(44)11-23(27(17)20)29-28(38)30-25(14-39-29)32(31-21-5-6-22(33(45)46)24(21)13-40-31)42-34(41-30)47-16-35-8-3-9-43(35)15-18(36)12-35/h4,7,10-11,14,18,21-22,24,31,40,44H,2-3,5-6,8-9,12-13,15-16H2,1H3,(H,45,46)/t18-,21?,22?,24?,31?,35+/m1/s1. The third kappa shape index (κ3) is 4.82. The Bertz CT molecular complexity index is 1930. The Morgan fingerprint density at radius 1 is 1.19 bits per heavy atom. The van der Waals surface area contributed by atoms with Gasteiger partial charge in [0.05, 0.1) is 23.2 Å². The predicted octanol–water partition coefficient (Wildman–Crippen LogP) is 5.72. The average molecular weight is 648 g/mol. The van der Waals surface area contributed by atoms with E-state index in [2.05, 4.69) is 20.2 Å². The first-order valence-corrected chi connectivity index (χ1v) is 16.5. The van der Waals surface area contributed by atoms with Crippen molar-refractivity contribution in [2.24, 2.45) is 17.8 Å². The summed E-state index contributed by atoms with van der Waals surface area (Å²) >= 11 is 0. The van der Waals surface area contributed by atoms with Gasteiger partial charge in [0.1, 0.15) is 35.6 Å². The molecule has 1 aliphatic carbocycles. The molecule has 8 rings (SSSR count). The van der Waals surface area contributed by atoms with E-state index in [-0.39, 0.29) is 53.0 Å². The summed E-state index contributed by atoms with van der Waals surface area (Å²) in [5.74, 6) is -2.76. The number of ether oxygens (including phenoxy) is 1. The molecule has 6 atom stereocenters. The van der Waals surface area contributed by atoms with Gasteiger partial charge >= 0.3 is 12.0 Å². The number of phenolic OH excluding ortho intramolecular Hbond substituents is 1. The van der Waals surface area contributed by atoms with Gasteiger partial charge < -0.3 is 20.3 Å². The third-order valence-corrected chi connectivity index (χ3v) is 11.2. The minimum absolute atomic E-state index is 0.0408. The number of benzene rings is 2. The van der Waals surface area contributed by atoms with Crippen molar-refractivity contribution in [1.82, 2.24) is 25.2 Å². The minimum Gasteiger partial charge on any atom is -0.508 e. The first-order chi connectivity index (χ1) is 22.7. The van der Waals surface area contributed by atoms with Gasteiger partial charge in [0.25, 0.3) is 0 Å². The molecule has 4 aromatic rings. The number of phenols is 1. The Morgan fingerprint density at radius 2 is 2.04 bits per heavy atom. The summed E-state index contributed by atoms with van der Waals surface area (Å²) in [6, 6.07) is 5.34. The van der Waals surface area contributed by atoms with Crippen molar-refractivity contribution in [3.63, 3.8) is 0 Å². The maximum Gasteiger partial charge on any atom is 0.317 e. The van der Waals surface area contributed by atoms with Gasteiger partial charge in [0, 0.05) is 30.1 Å². The molecule has 0 amide bonds. The molecule has 2 aromatic carbocycles. The molecular formula is C35H36F3N5O4. The van der Waals surface area contributed by atoms with Crippen molar-refractivity contribution >= 4 is 27.6 Å². The Hall–Kier alpha value is -4.03. The van der Waals surface area contributed by atoms with E-state index in [0.717, 1.165) is 19.4 Å². The fourth-order valence-corrected chi connectivity index (χ4v) is 9.05. The first-order valence-electron chi connectivity index (χ1n) is 16.5. The van der Waals surface area contributed by atoms with Crippen molar-refractivity contribution < 1.29 is 32.9 Å². The molecule has 0 bridgehead atoms. The normalized spacial score (nSPS) is 28.7. The average Bonchev–Trinajstić information content (AvgIpc) is 3.81. The first kappa shape index (κ1) is 30.3. The maximum atomic E-state index is 16.9. The minimum atomic E-state index is -0.947. The fraction of sp³-hybridized carbons (Fsp3) is 0.486. The van der Waals surface area contributed by atoms with Gasteiger partial charge in [-0.25, -0.2) is 13.2 Å². The monoisotopic (exact) mass is 647 g/mol. The van der Waals surface area contributed by atoms with Gasteiger partial charge in [-0.05, 0) is 91.6 Å². The number of nitrogens with zero attached hydrogens (tertiary/aromatic N) is 4. The number of aromatic hydroxyl groups is 1. The van der Waals surface area contributed by atoms with Crippen LogP contribution in [0.2, 0.25) is 0 Å². The van der Waals surface area contributed by atoms with Crippen molar-refractivity contribution in [3.8, 4) is 23.0 Å². The summed E-state index contributed by atoms with van der Waals surface area (Å²) in [6.07, 6.45) is 4.17. The summed E-state index contributed by atoms with van der Waals surface area (Å²) < 4.78 is 52.6. The van der Waals surface area contributed by atoms with Crippen LogP contribution in [0, 0.1) is 29.4 Å². The van der Waals surface area contributed by atoms with Crippen molar-refractivity contribution in [1.29, 1.82) is 0 Å². The van der Waals surface area contributed by atoms with E-state index < -0.39 is 35.2 Å². The molecule has 3 N–H and O–H groups in total. The van der Waals surface area contributed by atoms with E-state index in [1.807, 2.05) is 6.92 Å². The number of carboxylic acids is 1. The lowest BCUT2D eigenvalue weighted by Gasteiger charge is -2.31. The molecule has 12 heteroatoms. The predicted molar refractivity (Wildman–Crippen MR) is 168 cm³/mol. The molecule has 47 heavy (non-hydrogen) atoms. The van der Waals surface area contributed by atoms with Crippen LogP contribution < -0.4 is 10.1 Å². The van der Waals surface area contributed by atoms with Crippen LogP contribution in [-0.4, -0.2) is 74.0 Å². The lowest BCUT2D eigenvalue weighted by atomic mass is 9.87. The van der Waals surface area contributed by atoms with E-state index in [4.69, 9.17) is 9.72 Å². The van der Waals surface area contributed by atoms with Crippen molar-refractivity contribution in [2.75, 3.05) is 26.2 Å². The number of aliphatic carboxylic acids is 1. The number of halogens is 3. The number of hydrogen-bond donors (Lipinski definition) is 3. The Kier molecular flexibility index (Phi) is 7.29. The van der Waals surface area contributed by atoms with Crippen LogP contribution in [-0.2, 0) is 11.2 Å². The second-order valence-corrected chi connectivity index (χ2v) is 13.6. The second-order valence-electron chi connectivity index (χ2n) is 13.6. The number of carboxylic acid groups (broad SMARTS) is 1. The molecule has 4 aliphatic rings. The van der Waals surface area contributed by atoms with E-state index in [1.54, 1.807) is 6.07 Å². The molecule has 9 nitrogen and oxygen atoms in total. The molecular weight excluding hydrogens is 611 g/mol. The molecule has 1 saturated carbocycles. The number of nitrogens with one attached hydrogen (secondary N) is 1. The largest absolute Gasteiger partial charge is 0.508 e. The van der Waals surface area contributed by atoms with Crippen molar-refractivity contribution in [3.05, 3.63) is 53.4 Å². The zero-order valence-corrected chi connectivity index (χ0v) is 26.0. The van der Waals surface area contributed by atoms with E-state index in [1.165, 1.54) is 24.4 Å². The molecule has 3 aliphatic heterocycles. The van der Waals surface area contributed by atoms with Crippen LogP contribution in [0.25, 0.3) is 32.9 Å². The summed E-state index contributed by atoms with van der Waals surface area (Å²) in [5, 5.41) is 25.2. The van der Waals surface area contributed by atoms with Gasteiger partial charge in [-0.1, -0.05) is 13.0 Å². The molecule has 4 unspecified atom stereocenters. The molecule has 3 saturated heterocycles. The Labute approximate surface area is 269 Å². The highest BCUT2D eigenvalue weighted by Gasteiger charge is 2.50. The fourth-order valence-electron chi connectivity index (χ4n) is 9.05. The highest BCUT2D eigenvalue weighted by Crippen LogP contribution is 2.49. The van der Waals surface area contributed by atoms with Crippen LogP contribution >= 0.6 is 0 Å². The highest BCUT2D eigenvalue weighted by atomic mass is 19.1. The molecule has 4 fully saturated rings. The number of pyridine rings is 1. The quantitative estimate of drug-likeness (QED) is 0.231. The number of aryl methyl sites for hydroxylation is 1. The molecule has 246 valence electrons. The Balaban J connectivity index is 1.27. The smallest absolute Gasteiger partial charge is 0.317 e. The van der Waals surface area contributed by atoms with Crippen LogP contribution in [0.5, 0.6) is 11.8 Å². The van der Waals surface area contributed by atoms with E-state index >= 15 is 4.39 Å². The lowest BCUT2D eigenvalue weighted by Crippen LogP contribution is -2.43. The summed E-state index contributed by atoms with van der Waals surface area (Å²) in [7, 11) is 0. The number of aromatic nitrogens is 3. The van der Waals surface area contributed by atoms with Gasteiger partial charge in [-0.15, -0.1) is 0 Å². The number of rotatable bonds is 7. The van der Waals surface area contributed by atoms with Crippen LogP contribution in [0.4, 0.5) is 13.2 Å². The number of fused-ring (bicyclic) bond motifs is 4. The van der Waals surface area contributed by atoms with Crippen molar-refractivity contribution in [2.45, 2.75) is 63.2 Å². The highest BCUT2D eigenvalue weighted by molar-refractivity contribution is 6.01. The van der Waals surface area contributed by atoms with Gasteiger partial charge in [0.2, 0.25) is 0 Å². The van der Waals surface area contributed by atoms with Gasteiger partial charge in [0.15, 0.2) is 5.82 Å². The summed E-state index contributed by atoms with van der Waals surface area (Å²) in [4.78, 5) is 28.0. The van der Waals surface area contributed by atoms with Crippen LogP contribution in [0.1, 0.15) is 56.3 Å². The number of carbonyl (C=O) groups is 1. The summed E-state index contributed by atoms with van der Waals surface area (Å²) in [6.45, 7) is 3.59. The SMILES string of the molecule is CCc1c(F)ccc2cc(O)cc(-c3ncc4c(C5NCC6C(C(=O)O)CCC56)nc(OC[C@@]56CCCN5C[C@H](F)C6)nc4c3F)c12. The second kappa shape index (κ2) is 11.3. The lowest BCUT2D eigenvalue weighted by molar-refractivity contribution is -0.142. The van der Waals surface area contributed by atoms with E-state index in [9.17, 15) is 23.8 Å². The third-order valence-electron chi connectivity index (χ3n) is 11.2. The summed E-state index contributed by atoms with van der Waals surface area (Å²) in [5.41, 5.74) is 0.461.